The second-order valence-electron chi connectivity index (χ2n) is 6.43. The lowest BCUT2D eigenvalue weighted by Crippen LogP contribution is -2.20. The summed E-state index contributed by atoms with van der Waals surface area (Å²) in [5.41, 5.74) is 1.09. The third-order valence-corrected chi connectivity index (χ3v) is 4.48. The van der Waals surface area contributed by atoms with E-state index in [-0.39, 0.29) is 18.5 Å². The number of amides is 1. The van der Waals surface area contributed by atoms with Crippen LogP contribution in [0.3, 0.4) is 0 Å². The molecule has 0 unspecified atom stereocenters. The summed E-state index contributed by atoms with van der Waals surface area (Å²) in [6, 6.07) is 16.4. The zero-order valence-electron chi connectivity index (χ0n) is 15.7. The molecule has 0 atom stereocenters. The first-order valence-electron chi connectivity index (χ1n) is 9.06. The van der Waals surface area contributed by atoms with Gasteiger partial charge in [0.25, 0.3) is 5.91 Å². The van der Waals surface area contributed by atoms with Crippen LogP contribution in [-0.2, 0) is 13.3 Å². The van der Waals surface area contributed by atoms with E-state index < -0.39 is 0 Å². The Bertz CT molecular complexity index is 1160. The van der Waals surface area contributed by atoms with E-state index in [1.165, 1.54) is 23.0 Å². The number of rotatable bonds is 7. The van der Waals surface area contributed by atoms with Crippen LogP contribution >= 0.6 is 11.6 Å². The Morgan fingerprint density at radius 2 is 1.97 bits per heavy atom. The maximum Gasteiger partial charge on any atom is 0.275 e. The summed E-state index contributed by atoms with van der Waals surface area (Å²) in [6.45, 7) is 0.450. The predicted octanol–water partition coefficient (Wildman–Crippen LogP) is 4.21. The molecule has 1 amide bonds. The monoisotopic (exact) mass is 425 g/mol. The van der Waals surface area contributed by atoms with E-state index in [0.717, 1.165) is 5.56 Å². The molecule has 4 aromatic rings. The zero-order valence-corrected chi connectivity index (χ0v) is 16.5. The Hall–Kier alpha value is -3.65. The van der Waals surface area contributed by atoms with Gasteiger partial charge in [-0.05, 0) is 48.0 Å². The number of hydrogen-bond acceptors (Lipinski definition) is 4. The lowest BCUT2D eigenvalue weighted by atomic mass is 10.2. The van der Waals surface area contributed by atoms with Crippen molar-refractivity contribution in [3.63, 3.8) is 0 Å². The molecule has 0 saturated heterocycles. The van der Waals surface area contributed by atoms with Gasteiger partial charge in [-0.15, -0.1) is 0 Å². The number of hydrogen-bond donors (Lipinski definition) is 1. The van der Waals surface area contributed by atoms with Crippen LogP contribution in [0.5, 0.6) is 5.75 Å². The molecule has 152 valence electrons. The van der Waals surface area contributed by atoms with Gasteiger partial charge in [-0.3, -0.25) is 9.48 Å². The highest BCUT2D eigenvalue weighted by Crippen LogP contribution is 2.16. The van der Waals surface area contributed by atoms with Gasteiger partial charge in [0.05, 0.1) is 6.54 Å². The molecule has 0 aliphatic rings. The molecule has 0 bridgehead atoms. The number of nitrogens with zero attached hydrogens (tertiary/aromatic N) is 4. The Morgan fingerprint density at radius 1 is 1.13 bits per heavy atom. The minimum absolute atomic E-state index is 0.0609. The van der Waals surface area contributed by atoms with Gasteiger partial charge >= 0.3 is 0 Å². The lowest BCUT2D eigenvalue weighted by Gasteiger charge is -2.09. The van der Waals surface area contributed by atoms with Crippen molar-refractivity contribution in [2.75, 3.05) is 5.32 Å². The number of carbonyl (C=O) groups is 1. The minimum atomic E-state index is -0.372. The fourth-order valence-electron chi connectivity index (χ4n) is 2.81. The minimum Gasteiger partial charge on any atom is -0.471 e. The van der Waals surface area contributed by atoms with E-state index in [1.807, 2.05) is 6.07 Å². The molecule has 4 rings (SSSR count). The summed E-state index contributed by atoms with van der Waals surface area (Å²) < 4.78 is 22.0. The smallest absolute Gasteiger partial charge is 0.275 e. The summed E-state index contributed by atoms with van der Waals surface area (Å²) in [5.74, 6) is 0.311. The molecule has 2 heterocycles. The molecule has 0 saturated carbocycles. The molecule has 1 N–H and O–H groups in total. The van der Waals surface area contributed by atoms with Gasteiger partial charge in [0, 0.05) is 23.5 Å². The topological polar surface area (TPSA) is 74.0 Å². The van der Waals surface area contributed by atoms with E-state index in [2.05, 4.69) is 15.5 Å². The van der Waals surface area contributed by atoms with Crippen molar-refractivity contribution in [3.8, 4) is 5.75 Å². The first-order chi connectivity index (χ1) is 14.6. The van der Waals surface area contributed by atoms with Gasteiger partial charge in [0.15, 0.2) is 12.5 Å². The highest BCUT2D eigenvalue weighted by Gasteiger charge is 2.14. The van der Waals surface area contributed by atoms with Gasteiger partial charge in [-0.2, -0.15) is 10.2 Å². The summed E-state index contributed by atoms with van der Waals surface area (Å²) in [4.78, 5) is 12.6. The van der Waals surface area contributed by atoms with Crippen molar-refractivity contribution in [3.05, 3.63) is 95.2 Å². The number of nitrogens with one attached hydrogen (secondary N) is 1. The van der Waals surface area contributed by atoms with Crippen LogP contribution in [0.15, 0.2) is 73.1 Å². The second kappa shape index (κ2) is 8.79. The van der Waals surface area contributed by atoms with E-state index in [0.29, 0.717) is 28.8 Å². The quantitative estimate of drug-likeness (QED) is 0.481. The zero-order chi connectivity index (χ0) is 20.9. The van der Waals surface area contributed by atoms with Crippen LogP contribution in [0.1, 0.15) is 16.1 Å². The summed E-state index contributed by atoms with van der Waals surface area (Å²) in [6.07, 6.45) is 3.23. The van der Waals surface area contributed by atoms with Crippen molar-refractivity contribution < 1.29 is 13.9 Å². The normalized spacial score (nSPS) is 10.7. The van der Waals surface area contributed by atoms with E-state index in [9.17, 15) is 9.18 Å². The maximum atomic E-state index is 13.3. The Labute approximate surface area is 176 Å². The molecular weight excluding hydrogens is 409 g/mol. The van der Waals surface area contributed by atoms with Crippen molar-refractivity contribution in [2.45, 2.75) is 13.3 Å². The van der Waals surface area contributed by atoms with Gasteiger partial charge in [0.2, 0.25) is 0 Å². The molecule has 0 aliphatic carbocycles. The Morgan fingerprint density at radius 3 is 2.77 bits per heavy atom. The number of anilines is 1. The van der Waals surface area contributed by atoms with Crippen LogP contribution in [-0.4, -0.2) is 25.5 Å². The molecule has 2 aromatic carbocycles. The highest BCUT2D eigenvalue weighted by atomic mass is 35.5. The summed E-state index contributed by atoms with van der Waals surface area (Å²) in [5, 5.41) is 11.8. The molecule has 0 spiro atoms. The van der Waals surface area contributed by atoms with Gasteiger partial charge in [0.1, 0.15) is 17.3 Å². The van der Waals surface area contributed by atoms with Gasteiger partial charge in [-0.25, -0.2) is 9.07 Å². The fourth-order valence-corrected chi connectivity index (χ4v) is 2.94. The maximum absolute atomic E-state index is 13.3. The average Bonchev–Trinajstić information content (AvgIpc) is 3.37. The molecule has 30 heavy (non-hydrogen) atoms. The Kier molecular flexibility index (Phi) is 5.76. The van der Waals surface area contributed by atoms with E-state index in [4.69, 9.17) is 16.3 Å². The third kappa shape index (κ3) is 4.84. The first kappa shape index (κ1) is 19.7. The standard InChI is InChI=1S/C21H17ClFN5O2/c22-16-4-6-18(7-5-16)30-14-28-19(8-10-24-28)21(29)25-20-9-11-27(26-20)13-15-2-1-3-17(23)12-15/h1-12H,13-14H2,(H,25,26,29). The van der Waals surface area contributed by atoms with E-state index in [1.54, 1.807) is 53.3 Å². The number of ether oxygens (including phenoxy) is 1. The molecule has 0 fully saturated rings. The van der Waals surface area contributed by atoms with Gasteiger partial charge in [-0.1, -0.05) is 23.7 Å². The van der Waals surface area contributed by atoms with Crippen LogP contribution < -0.4 is 10.1 Å². The highest BCUT2D eigenvalue weighted by molar-refractivity contribution is 6.30. The number of carbonyl (C=O) groups excluding carboxylic acids is 1. The molecule has 0 aliphatic heterocycles. The van der Waals surface area contributed by atoms with E-state index >= 15 is 0 Å². The molecule has 2 aromatic heterocycles. The number of benzene rings is 2. The van der Waals surface area contributed by atoms with Crippen LogP contribution in [0, 0.1) is 5.82 Å². The lowest BCUT2D eigenvalue weighted by molar-refractivity contribution is 0.100. The SMILES string of the molecule is O=C(Nc1ccn(Cc2cccc(F)c2)n1)c1ccnn1COc1ccc(Cl)cc1. The predicted molar refractivity (Wildman–Crippen MR) is 110 cm³/mol. The number of halogens is 2. The largest absolute Gasteiger partial charge is 0.471 e. The first-order valence-corrected chi connectivity index (χ1v) is 9.44. The Balaban J connectivity index is 1.38. The van der Waals surface area contributed by atoms with Crippen LogP contribution in [0.25, 0.3) is 0 Å². The van der Waals surface area contributed by atoms with Crippen molar-refractivity contribution >= 4 is 23.3 Å². The van der Waals surface area contributed by atoms with Crippen molar-refractivity contribution in [1.82, 2.24) is 19.6 Å². The van der Waals surface area contributed by atoms with Gasteiger partial charge < -0.3 is 10.1 Å². The molecule has 7 nitrogen and oxygen atoms in total. The molecule has 9 heteroatoms. The molecular formula is C21H17ClFN5O2. The summed E-state index contributed by atoms with van der Waals surface area (Å²) >= 11 is 5.86. The third-order valence-electron chi connectivity index (χ3n) is 4.23. The van der Waals surface area contributed by atoms with Crippen molar-refractivity contribution in [2.24, 2.45) is 0 Å². The molecule has 0 radical (unpaired) electrons. The number of aromatic nitrogens is 4. The fraction of sp³-hybridized carbons (Fsp3) is 0.0952. The average molecular weight is 426 g/mol. The van der Waals surface area contributed by atoms with Crippen LogP contribution in [0.2, 0.25) is 5.02 Å². The summed E-state index contributed by atoms with van der Waals surface area (Å²) in [7, 11) is 0. The van der Waals surface area contributed by atoms with Crippen molar-refractivity contribution in [1.29, 1.82) is 0 Å². The second-order valence-corrected chi connectivity index (χ2v) is 6.86. The van der Waals surface area contributed by atoms with Crippen LogP contribution in [0.4, 0.5) is 10.2 Å².